The Bertz CT molecular complexity index is 1030. The molecule has 2 saturated carbocycles. The number of carbonyl (C=O) groups is 1. The summed E-state index contributed by atoms with van der Waals surface area (Å²) >= 11 is 0. The third-order valence-electron chi connectivity index (χ3n) is 6.66. The van der Waals surface area contributed by atoms with Gasteiger partial charge in [-0.1, -0.05) is 30.3 Å². The van der Waals surface area contributed by atoms with Gasteiger partial charge in [-0.3, -0.25) is 9.36 Å². The number of halogens is 3. The first kappa shape index (κ1) is 17.5. The van der Waals surface area contributed by atoms with Crippen molar-refractivity contribution < 1.29 is 18.0 Å². The molecule has 0 saturated heterocycles. The van der Waals surface area contributed by atoms with Crippen LogP contribution in [0.2, 0.25) is 0 Å². The second-order valence-corrected chi connectivity index (χ2v) is 8.09. The molecule has 3 aromatic rings. The van der Waals surface area contributed by atoms with E-state index in [2.05, 4.69) is 0 Å². The summed E-state index contributed by atoms with van der Waals surface area (Å²) in [7, 11) is 0. The zero-order chi connectivity index (χ0) is 19.5. The monoisotopic (exact) mass is 383 g/mol. The first-order chi connectivity index (χ1) is 13.4. The Hall–Kier alpha value is -2.56. The van der Waals surface area contributed by atoms with Gasteiger partial charge in [-0.05, 0) is 66.8 Å². The summed E-state index contributed by atoms with van der Waals surface area (Å²) in [5.41, 5.74) is 1.11. The minimum atomic E-state index is -4.34. The Morgan fingerprint density at radius 3 is 2.39 bits per heavy atom. The summed E-state index contributed by atoms with van der Waals surface area (Å²) in [5.74, 6) is 0.572. The molecule has 5 rings (SSSR count). The molecule has 2 bridgehead atoms. The van der Waals surface area contributed by atoms with Gasteiger partial charge in [0.15, 0.2) is 0 Å². The molecule has 0 unspecified atom stereocenters. The lowest BCUT2D eigenvalue weighted by Gasteiger charge is -2.31. The van der Waals surface area contributed by atoms with Crippen molar-refractivity contribution in [3.63, 3.8) is 0 Å². The molecule has 5 heteroatoms. The predicted molar refractivity (Wildman–Crippen MR) is 101 cm³/mol. The van der Waals surface area contributed by atoms with E-state index in [-0.39, 0.29) is 17.7 Å². The third-order valence-corrected chi connectivity index (χ3v) is 6.66. The maximum Gasteiger partial charge on any atom is 0.416 e. The summed E-state index contributed by atoms with van der Waals surface area (Å²) in [4.78, 5) is 13.5. The number of nitrogens with zero attached hydrogens (tertiary/aromatic N) is 1. The van der Waals surface area contributed by atoms with Gasteiger partial charge in [0.05, 0.1) is 11.1 Å². The van der Waals surface area contributed by atoms with Crippen molar-refractivity contribution in [3.05, 3.63) is 71.9 Å². The number of hydrogen-bond acceptors (Lipinski definition) is 1. The summed E-state index contributed by atoms with van der Waals surface area (Å²) in [5, 5.41) is 1.02. The van der Waals surface area contributed by atoms with Crippen LogP contribution in [-0.2, 0) is 6.18 Å². The fourth-order valence-corrected chi connectivity index (χ4v) is 5.46. The number of fused-ring (bicyclic) bond motifs is 3. The van der Waals surface area contributed by atoms with Crippen molar-refractivity contribution in [3.8, 4) is 0 Å². The summed E-state index contributed by atoms with van der Waals surface area (Å²) < 4.78 is 40.5. The molecule has 1 aromatic heterocycles. The molecule has 2 aromatic carbocycles. The minimum Gasteiger partial charge on any atom is -0.287 e. The van der Waals surface area contributed by atoms with E-state index in [9.17, 15) is 18.0 Å². The maximum atomic E-state index is 13.5. The Morgan fingerprint density at radius 1 is 0.929 bits per heavy atom. The average molecular weight is 383 g/mol. The predicted octanol–water partition coefficient (Wildman–Crippen LogP) is 6.13. The van der Waals surface area contributed by atoms with Crippen molar-refractivity contribution in [1.82, 2.24) is 4.57 Å². The molecule has 0 spiro atoms. The second-order valence-electron chi connectivity index (χ2n) is 8.09. The number of benzene rings is 2. The van der Waals surface area contributed by atoms with Crippen LogP contribution in [0.4, 0.5) is 13.2 Å². The normalized spacial score (nSPS) is 26.8. The van der Waals surface area contributed by atoms with Gasteiger partial charge in [-0.15, -0.1) is 0 Å². The molecule has 28 heavy (non-hydrogen) atoms. The number of hydrogen-bond donors (Lipinski definition) is 0. The molecule has 0 radical (unpaired) electrons. The fourth-order valence-electron chi connectivity index (χ4n) is 5.46. The van der Waals surface area contributed by atoms with Gasteiger partial charge in [-0.2, -0.15) is 13.2 Å². The lowest BCUT2D eigenvalue weighted by atomic mass is 9.75. The van der Waals surface area contributed by atoms with Crippen LogP contribution >= 0.6 is 0 Å². The first-order valence-electron chi connectivity index (χ1n) is 9.71. The molecule has 2 aliphatic rings. The van der Waals surface area contributed by atoms with Crippen LogP contribution in [0.15, 0.2) is 60.8 Å². The van der Waals surface area contributed by atoms with E-state index in [1.165, 1.54) is 0 Å². The lowest BCUT2D eigenvalue weighted by molar-refractivity contribution is -0.137. The second kappa shape index (κ2) is 6.23. The molecule has 0 aliphatic heterocycles. The molecule has 0 amide bonds. The zero-order valence-corrected chi connectivity index (χ0v) is 15.2. The van der Waals surface area contributed by atoms with Crippen LogP contribution in [0, 0.1) is 17.8 Å². The highest BCUT2D eigenvalue weighted by atomic mass is 19.4. The summed E-state index contributed by atoms with van der Waals surface area (Å²) in [6.45, 7) is 0. The van der Waals surface area contributed by atoms with E-state index < -0.39 is 11.7 Å². The van der Waals surface area contributed by atoms with Gasteiger partial charge in [0.25, 0.3) is 0 Å². The van der Waals surface area contributed by atoms with E-state index in [0.29, 0.717) is 11.8 Å². The quantitative estimate of drug-likeness (QED) is 0.522. The van der Waals surface area contributed by atoms with Gasteiger partial charge in [-0.25, -0.2) is 0 Å². The van der Waals surface area contributed by atoms with Crippen LogP contribution in [0.3, 0.4) is 0 Å². The Kier molecular flexibility index (Phi) is 3.90. The Labute approximate surface area is 161 Å². The molecule has 2 nitrogen and oxygen atoms in total. The number of rotatable bonds is 2. The number of alkyl halides is 3. The Morgan fingerprint density at radius 2 is 1.64 bits per heavy atom. The van der Waals surface area contributed by atoms with Crippen molar-refractivity contribution in [2.45, 2.75) is 31.4 Å². The van der Waals surface area contributed by atoms with Crippen LogP contribution in [-0.4, -0.2) is 10.5 Å². The van der Waals surface area contributed by atoms with Gasteiger partial charge in [0.1, 0.15) is 0 Å². The largest absolute Gasteiger partial charge is 0.416 e. The van der Waals surface area contributed by atoms with Crippen molar-refractivity contribution in [2.75, 3.05) is 0 Å². The van der Waals surface area contributed by atoms with Gasteiger partial charge < -0.3 is 0 Å². The Balaban J connectivity index is 1.52. The van der Waals surface area contributed by atoms with Gasteiger partial charge in [0.2, 0.25) is 5.91 Å². The van der Waals surface area contributed by atoms with Gasteiger partial charge >= 0.3 is 6.18 Å². The van der Waals surface area contributed by atoms with E-state index in [0.717, 1.165) is 47.9 Å². The zero-order valence-electron chi connectivity index (χ0n) is 15.2. The highest BCUT2D eigenvalue weighted by molar-refractivity contribution is 5.94. The summed E-state index contributed by atoms with van der Waals surface area (Å²) in [6.07, 6.45) is 0.542. The fraction of sp³-hybridized carbons (Fsp3) is 0.348. The van der Waals surface area contributed by atoms with Crippen LogP contribution in [0.1, 0.15) is 41.1 Å². The highest BCUT2D eigenvalue weighted by Crippen LogP contribution is 2.57. The van der Waals surface area contributed by atoms with E-state index in [1.54, 1.807) is 16.7 Å². The SMILES string of the molecule is O=C([C@H]1[C@H]2CC[C@H](C2)[C@@H]1c1ccc(C(F)(F)F)cc1)n1ccc2ccccc21. The molecular formula is C23H20F3NO. The standard InChI is InChI=1S/C23H20F3NO/c24-23(25,26)18-9-7-15(8-10-18)20-16-5-6-17(13-16)21(20)22(28)27-12-11-14-3-1-2-4-19(14)27/h1-4,7-12,16-17,20-21H,5-6,13H2/t16-,17+,20+,21+/m1/s1. The van der Waals surface area contributed by atoms with Crippen molar-refractivity contribution >= 4 is 16.8 Å². The molecule has 144 valence electrons. The number of para-hydroxylation sites is 1. The summed E-state index contributed by atoms with van der Waals surface area (Å²) in [6, 6.07) is 15.2. The molecule has 1 heterocycles. The average Bonchev–Trinajstić information content (AvgIpc) is 3.40. The van der Waals surface area contributed by atoms with E-state index >= 15 is 0 Å². The van der Waals surface area contributed by atoms with E-state index in [4.69, 9.17) is 0 Å². The highest BCUT2D eigenvalue weighted by Gasteiger charge is 2.51. The molecule has 0 N–H and O–H groups in total. The van der Waals surface area contributed by atoms with Crippen molar-refractivity contribution in [2.24, 2.45) is 17.8 Å². The van der Waals surface area contributed by atoms with Crippen LogP contribution in [0.5, 0.6) is 0 Å². The van der Waals surface area contributed by atoms with Crippen LogP contribution in [0.25, 0.3) is 10.9 Å². The maximum absolute atomic E-state index is 13.5. The lowest BCUT2D eigenvalue weighted by Crippen LogP contribution is -2.31. The number of aromatic nitrogens is 1. The van der Waals surface area contributed by atoms with Crippen molar-refractivity contribution in [1.29, 1.82) is 0 Å². The molecule has 2 fully saturated rings. The first-order valence-corrected chi connectivity index (χ1v) is 9.71. The molecule has 2 aliphatic carbocycles. The third kappa shape index (κ3) is 2.67. The number of carbonyl (C=O) groups excluding carboxylic acids is 1. The minimum absolute atomic E-state index is 0.00491. The topological polar surface area (TPSA) is 22.0 Å². The van der Waals surface area contributed by atoms with Crippen LogP contribution < -0.4 is 0 Å². The van der Waals surface area contributed by atoms with E-state index in [1.807, 2.05) is 36.5 Å². The van der Waals surface area contributed by atoms with Gasteiger partial charge in [0, 0.05) is 17.5 Å². The molecule has 4 atom stereocenters. The molecular weight excluding hydrogens is 363 g/mol. The smallest absolute Gasteiger partial charge is 0.287 e.